The fraction of sp³-hybridized carbons (Fsp3) is 0.364. The van der Waals surface area contributed by atoms with Crippen molar-refractivity contribution in [3.63, 3.8) is 0 Å². The Morgan fingerprint density at radius 2 is 2.07 bits per heavy atom. The molecule has 1 amide bonds. The van der Waals surface area contributed by atoms with Crippen LogP contribution in [0.4, 0.5) is 5.69 Å². The molecule has 1 aromatic carbocycles. The van der Waals surface area contributed by atoms with Gasteiger partial charge in [-0.3, -0.25) is 4.79 Å². The van der Waals surface area contributed by atoms with Crippen molar-refractivity contribution in [1.82, 2.24) is 0 Å². The van der Waals surface area contributed by atoms with E-state index in [2.05, 4.69) is 15.9 Å². The molecule has 4 heteroatoms. The number of likely N-dealkylation sites (N-methyl/N-ethyl adjacent to an activating group) is 1. The second-order valence-corrected chi connectivity index (χ2v) is 4.82. The second kappa shape index (κ2) is 4.33. The molecule has 15 heavy (non-hydrogen) atoms. The van der Waals surface area contributed by atoms with Crippen LogP contribution in [0.2, 0.25) is 0 Å². The first-order valence-corrected chi connectivity index (χ1v) is 5.38. The third-order valence-corrected chi connectivity index (χ3v) is 2.52. The van der Waals surface area contributed by atoms with E-state index in [1.807, 2.05) is 24.3 Å². The lowest BCUT2D eigenvalue weighted by Crippen LogP contribution is -2.43. The number of amides is 1. The van der Waals surface area contributed by atoms with Crippen LogP contribution in [0, 0.1) is 0 Å². The average molecular weight is 272 g/mol. The second-order valence-electron chi connectivity index (χ2n) is 3.90. The van der Waals surface area contributed by atoms with Crippen LogP contribution < -0.4 is 4.90 Å². The van der Waals surface area contributed by atoms with Gasteiger partial charge in [-0.2, -0.15) is 0 Å². The van der Waals surface area contributed by atoms with E-state index in [0.29, 0.717) is 0 Å². The van der Waals surface area contributed by atoms with Crippen molar-refractivity contribution in [2.45, 2.75) is 19.4 Å². The Morgan fingerprint density at radius 3 is 2.53 bits per heavy atom. The van der Waals surface area contributed by atoms with Crippen molar-refractivity contribution in [1.29, 1.82) is 0 Å². The van der Waals surface area contributed by atoms with Gasteiger partial charge in [-0.1, -0.05) is 22.0 Å². The van der Waals surface area contributed by atoms with Gasteiger partial charge in [0.05, 0.1) is 0 Å². The summed E-state index contributed by atoms with van der Waals surface area (Å²) in [6.07, 6.45) is 0. The molecule has 0 saturated carbocycles. The molecule has 0 atom stereocenters. The standard InChI is InChI=1S/C11H14BrNO2/c1-11(2,15)10(14)13(3)9-6-4-5-8(12)7-9/h4-7,15H,1-3H3. The molecule has 0 unspecified atom stereocenters. The molecule has 0 aliphatic rings. The van der Waals surface area contributed by atoms with E-state index in [0.717, 1.165) is 10.2 Å². The van der Waals surface area contributed by atoms with Crippen LogP contribution in [0.15, 0.2) is 28.7 Å². The molecule has 0 fully saturated rings. The maximum atomic E-state index is 11.7. The minimum Gasteiger partial charge on any atom is -0.381 e. The van der Waals surface area contributed by atoms with Crippen LogP contribution >= 0.6 is 15.9 Å². The highest BCUT2D eigenvalue weighted by Gasteiger charge is 2.27. The number of carbonyl (C=O) groups is 1. The number of rotatable bonds is 2. The molecule has 0 radical (unpaired) electrons. The maximum Gasteiger partial charge on any atom is 0.258 e. The quantitative estimate of drug-likeness (QED) is 0.896. The Bertz CT molecular complexity index is 371. The van der Waals surface area contributed by atoms with Crippen LogP contribution in [-0.2, 0) is 4.79 Å². The highest BCUT2D eigenvalue weighted by atomic mass is 79.9. The van der Waals surface area contributed by atoms with Crippen LogP contribution in [0.3, 0.4) is 0 Å². The summed E-state index contributed by atoms with van der Waals surface area (Å²) in [6, 6.07) is 7.36. The molecular weight excluding hydrogens is 258 g/mol. The molecule has 0 heterocycles. The number of hydrogen-bond acceptors (Lipinski definition) is 2. The molecule has 82 valence electrons. The summed E-state index contributed by atoms with van der Waals surface area (Å²) in [7, 11) is 1.64. The van der Waals surface area contributed by atoms with Gasteiger partial charge < -0.3 is 10.0 Å². The number of benzene rings is 1. The van der Waals surface area contributed by atoms with Gasteiger partial charge in [-0.05, 0) is 32.0 Å². The van der Waals surface area contributed by atoms with E-state index in [1.54, 1.807) is 7.05 Å². The Labute approximate surface area is 97.8 Å². The summed E-state index contributed by atoms with van der Waals surface area (Å²) in [4.78, 5) is 13.2. The molecular formula is C11H14BrNO2. The van der Waals surface area contributed by atoms with Crippen molar-refractivity contribution < 1.29 is 9.90 Å². The highest BCUT2D eigenvalue weighted by Crippen LogP contribution is 2.21. The van der Waals surface area contributed by atoms with Gasteiger partial charge in [-0.25, -0.2) is 0 Å². The molecule has 1 rings (SSSR count). The normalized spacial score (nSPS) is 11.3. The molecule has 1 N–H and O–H groups in total. The fourth-order valence-corrected chi connectivity index (χ4v) is 1.60. The summed E-state index contributed by atoms with van der Waals surface area (Å²) in [5, 5.41) is 9.58. The van der Waals surface area contributed by atoms with Crippen molar-refractivity contribution in [2.24, 2.45) is 0 Å². The Kier molecular flexibility index (Phi) is 3.52. The minimum atomic E-state index is -1.35. The minimum absolute atomic E-state index is 0.333. The van der Waals surface area contributed by atoms with Crippen LogP contribution in [-0.4, -0.2) is 23.7 Å². The third kappa shape index (κ3) is 3.04. The molecule has 0 aliphatic carbocycles. The van der Waals surface area contributed by atoms with Gasteiger partial charge in [0.25, 0.3) is 5.91 Å². The van der Waals surface area contributed by atoms with Crippen molar-refractivity contribution in [2.75, 3.05) is 11.9 Å². The van der Waals surface area contributed by atoms with Crippen molar-refractivity contribution >= 4 is 27.5 Å². The maximum absolute atomic E-state index is 11.7. The number of carbonyl (C=O) groups excluding carboxylic acids is 1. The van der Waals surface area contributed by atoms with Crippen molar-refractivity contribution in [3.05, 3.63) is 28.7 Å². The lowest BCUT2D eigenvalue weighted by molar-refractivity contribution is -0.133. The molecule has 0 spiro atoms. The van der Waals surface area contributed by atoms with Crippen LogP contribution in [0.25, 0.3) is 0 Å². The third-order valence-electron chi connectivity index (χ3n) is 2.02. The first-order chi connectivity index (χ1) is 6.82. The number of halogens is 1. The Hall–Kier alpha value is -0.870. The van der Waals surface area contributed by atoms with E-state index < -0.39 is 5.60 Å². The van der Waals surface area contributed by atoms with E-state index in [4.69, 9.17) is 0 Å². The smallest absolute Gasteiger partial charge is 0.258 e. The first kappa shape index (κ1) is 12.2. The van der Waals surface area contributed by atoms with E-state index >= 15 is 0 Å². The molecule has 0 saturated heterocycles. The van der Waals surface area contributed by atoms with Crippen LogP contribution in [0.1, 0.15) is 13.8 Å². The van der Waals surface area contributed by atoms with Gasteiger partial charge in [0, 0.05) is 17.2 Å². The monoisotopic (exact) mass is 271 g/mol. The number of anilines is 1. The molecule has 0 bridgehead atoms. The highest BCUT2D eigenvalue weighted by molar-refractivity contribution is 9.10. The van der Waals surface area contributed by atoms with Gasteiger partial charge in [0.2, 0.25) is 0 Å². The van der Waals surface area contributed by atoms with E-state index in [-0.39, 0.29) is 5.91 Å². The zero-order valence-corrected chi connectivity index (χ0v) is 10.6. The summed E-state index contributed by atoms with van der Waals surface area (Å²) >= 11 is 3.33. The Balaban J connectivity index is 2.95. The first-order valence-electron chi connectivity index (χ1n) is 4.58. The molecule has 0 aliphatic heterocycles. The van der Waals surface area contributed by atoms with Crippen molar-refractivity contribution in [3.8, 4) is 0 Å². The summed E-state index contributed by atoms with van der Waals surface area (Å²) in [5.41, 5.74) is -0.603. The molecule has 3 nitrogen and oxygen atoms in total. The number of aliphatic hydroxyl groups is 1. The lowest BCUT2D eigenvalue weighted by atomic mass is 10.1. The van der Waals surface area contributed by atoms with E-state index in [1.165, 1.54) is 18.7 Å². The SMILES string of the molecule is CN(C(=O)C(C)(C)O)c1cccc(Br)c1. The van der Waals surface area contributed by atoms with Gasteiger partial charge in [0.15, 0.2) is 0 Å². The van der Waals surface area contributed by atoms with Crippen LogP contribution in [0.5, 0.6) is 0 Å². The number of hydrogen-bond donors (Lipinski definition) is 1. The molecule has 1 aromatic rings. The average Bonchev–Trinajstić information content (AvgIpc) is 2.14. The predicted molar refractivity (Wildman–Crippen MR) is 63.8 cm³/mol. The zero-order valence-electron chi connectivity index (χ0n) is 8.99. The number of nitrogens with zero attached hydrogens (tertiary/aromatic N) is 1. The summed E-state index contributed by atoms with van der Waals surface area (Å²) in [6.45, 7) is 2.95. The molecule has 0 aromatic heterocycles. The topological polar surface area (TPSA) is 40.5 Å². The summed E-state index contributed by atoms with van der Waals surface area (Å²) in [5.74, 6) is -0.333. The lowest BCUT2D eigenvalue weighted by Gasteiger charge is -2.25. The van der Waals surface area contributed by atoms with Gasteiger partial charge >= 0.3 is 0 Å². The summed E-state index contributed by atoms with van der Waals surface area (Å²) < 4.78 is 0.899. The fourth-order valence-electron chi connectivity index (χ4n) is 1.21. The Morgan fingerprint density at radius 1 is 1.47 bits per heavy atom. The predicted octanol–water partition coefficient (Wildman–Crippen LogP) is 2.18. The van der Waals surface area contributed by atoms with E-state index in [9.17, 15) is 9.90 Å². The van der Waals surface area contributed by atoms with Gasteiger partial charge in [-0.15, -0.1) is 0 Å². The van der Waals surface area contributed by atoms with Gasteiger partial charge in [0.1, 0.15) is 5.60 Å². The zero-order chi connectivity index (χ0) is 11.6. The largest absolute Gasteiger partial charge is 0.381 e.